The third kappa shape index (κ3) is 7.57. The highest BCUT2D eigenvalue weighted by molar-refractivity contribution is 7.00. The van der Waals surface area contributed by atoms with Crippen molar-refractivity contribution in [3.05, 3.63) is 148 Å². The third-order valence-corrected chi connectivity index (χ3v) is 21.8. The Morgan fingerprint density at radius 3 is 1.52 bits per heavy atom. The molecule has 5 heteroatoms. The van der Waals surface area contributed by atoms with Gasteiger partial charge in [-0.15, -0.1) is 0 Å². The molecular formula is C74H90BN3O. The molecule has 0 radical (unpaired) electrons. The average molecular weight is 1050 g/mol. The van der Waals surface area contributed by atoms with E-state index in [1.54, 1.807) is 0 Å². The first-order valence-electron chi connectivity index (χ1n) is 30.5. The maximum Gasteiger partial charge on any atom is 0.297 e. The van der Waals surface area contributed by atoms with Gasteiger partial charge in [0.2, 0.25) is 0 Å². The average Bonchev–Trinajstić information content (AvgIpc) is 2.19. The molecule has 0 saturated heterocycles. The van der Waals surface area contributed by atoms with Crippen LogP contribution in [0.5, 0.6) is 0 Å². The van der Waals surface area contributed by atoms with Gasteiger partial charge in [0.25, 0.3) is 6.71 Å². The normalized spacial score (nSPS) is 22.9. The van der Waals surface area contributed by atoms with Crippen molar-refractivity contribution in [1.29, 1.82) is 0 Å². The van der Waals surface area contributed by atoms with E-state index in [4.69, 9.17) is 4.42 Å². The van der Waals surface area contributed by atoms with Gasteiger partial charge in [0.15, 0.2) is 0 Å². The standard InChI is InChI=1S/C74H90BN3O/c1-66(2,3)45-22-26-48(27-23-45)76(49-28-24-46(25-29-49)67(4,5)6)51-41-59-62-60(42-51)78-64-57(73(18)32-20-21-33-74(73,78)19)38-47(68(7,8)9)39-58(64)75(62)65-63(52-43-55-56(44-61(52)79-65)72(16,17)37-36-71(55,14)15)77(59)50-30-31-53-54(40-50)70(12,13)35-34-69(53,10)11/h22-31,38-44H,20-21,32-37H2,1-19H3. The van der Waals surface area contributed by atoms with Gasteiger partial charge in [0, 0.05) is 44.9 Å². The van der Waals surface area contributed by atoms with Gasteiger partial charge in [-0.2, -0.15) is 0 Å². The highest BCUT2D eigenvalue weighted by atomic mass is 16.3. The lowest BCUT2D eigenvalue weighted by atomic mass is 9.35. The molecule has 0 amide bonds. The molecule has 2 atom stereocenters. The van der Waals surface area contributed by atoms with E-state index in [0.29, 0.717) is 0 Å². The van der Waals surface area contributed by atoms with E-state index in [9.17, 15) is 0 Å². The van der Waals surface area contributed by atoms with Crippen molar-refractivity contribution in [2.75, 3.05) is 14.7 Å². The summed E-state index contributed by atoms with van der Waals surface area (Å²) in [6, 6.07) is 42.2. The molecule has 410 valence electrons. The van der Waals surface area contributed by atoms with E-state index in [0.717, 1.165) is 48.3 Å². The number of rotatable bonds is 4. The lowest BCUT2D eigenvalue weighted by Crippen LogP contribution is -2.64. The first-order chi connectivity index (χ1) is 36.8. The fraction of sp³-hybridized carbons (Fsp3) is 0.486. The first-order valence-corrected chi connectivity index (χ1v) is 30.5. The van der Waals surface area contributed by atoms with Gasteiger partial charge in [0.1, 0.15) is 5.58 Å². The van der Waals surface area contributed by atoms with Crippen LogP contribution in [-0.4, -0.2) is 12.3 Å². The number of nitrogens with zero attached hydrogens (tertiary/aromatic N) is 3. The van der Waals surface area contributed by atoms with Gasteiger partial charge >= 0.3 is 0 Å². The molecule has 4 heterocycles. The Kier molecular flexibility index (Phi) is 11.0. The molecule has 1 fully saturated rings. The second-order valence-corrected chi connectivity index (χ2v) is 31.9. The zero-order valence-electron chi connectivity index (χ0n) is 51.8. The highest BCUT2D eigenvalue weighted by Gasteiger charge is 2.62. The van der Waals surface area contributed by atoms with Crippen LogP contribution in [0.25, 0.3) is 11.0 Å². The summed E-state index contributed by atoms with van der Waals surface area (Å²) >= 11 is 0. The minimum absolute atomic E-state index is 0.0138. The van der Waals surface area contributed by atoms with Crippen molar-refractivity contribution >= 4 is 79.8 Å². The summed E-state index contributed by atoms with van der Waals surface area (Å²) in [6.07, 6.45) is 9.38. The molecule has 13 rings (SSSR count). The number of fused-ring (bicyclic) bond motifs is 11. The quantitative estimate of drug-likeness (QED) is 0.164. The van der Waals surface area contributed by atoms with Gasteiger partial charge in [-0.25, -0.2) is 0 Å². The van der Waals surface area contributed by atoms with Gasteiger partial charge in [-0.3, -0.25) is 0 Å². The molecule has 7 aromatic rings. The minimum Gasteiger partial charge on any atom is -0.468 e. The maximum atomic E-state index is 7.88. The Morgan fingerprint density at radius 1 is 0.456 bits per heavy atom. The Hall–Kier alpha value is -5.68. The van der Waals surface area contributed by atoms with Crippen molar-refractivity contribution in [3.63, 3.8) is 0 Å². The Morgan fingerprint density at radius 2 is 0.962 bits per heavy atom. The number of benzene rings is 6. The van der Waals surface area contributed by atoms with Crippen LogP contribution >= 0.6 is 0 Å². The number of hydrogen-bond acceptors (Lipinski definition) is 4. The molecule has 1 saturated carbocycles. The molecule has 0 bridgehead atoms. The molecule has 4 nitrogen and oxygen atoms in total. The van der Waals surface area contributed by atoms with Crippen molar-refractivity contribution in [1.82, 2.24) is 0 Å². The van der Waals surface area contributed by atoms with Gasteiger partial charge < -0.3 is 19.1 Å². The minimum atomic E-state index is -0.166. The molecule has 3 aliphatic carbocycles. The topological polar surface area (TPSA) is 22.9 Å². The van der Waals surface area contributed by atoms with E-state index in [1.165, 1.54) is 121 Å². The molecular weight excluding hydrogens is 958 g/mol. The van der Waals surface area contributed by atoms with E-state index in [1.807, 2.05) is 0 Å². The lowest BCUT2D eigenvalue weighted by Gasteiger charge is -2.52. The van der Waals surface area contributed by atoms with Crippen molar-refractivity contribution < 1.29 is 4.42 Å². The van der Waals surface area contributed by atoms with E-state index in [-0.39, 0.29) is 55.6 Å². The predicted molar refractivity (Wildman–Crippen MR) is 340 cm³/mol. The molecule has 2 unspecified atom stereocenters. The number of anilines is 8. The summed E-state index contributed by atoms with van der Waals surface area (Å²) < 4.78 is 7.88. The predicted octanol–water partition coefficient (Wildman–Crippen LogP) is 18.8. The second-order valence-electron chi connectivity index (χ2n) is 31.9. The molecule has 0 spiro atoms. The van der Waals surface area contributed by atoms with E-state index in [2.05, 4.69) is 249 Å². The van der Waals surface area contributed by atoms with Crippen LogP contribution in [-0.2, 0) is 43.3 Å². The first kappa shape index (κ1) is 52.7. The van der Waals surface area contributed by atoms with E-state index >= 15 is 0 Å². The van der Waals surface area contributed by atoms with Crippen molar-refractivity contribution in [2.24, 2.45) is 0 Å². The largest absolute Gasteiger partial charge is 0.468 e. The van der Waals surface area contributed by atoms with Crippen LogP contribution in [0, 0.1) is 0 Å². The molecule has 6 aromatic carbocycles. The molecule has 0 N–H and O–H groups in total. The Labute approximate surface area is 475 Å². The summed E-state index contributed by atoms with van der Waals surface area (Å²) in [6.45, 7) is 46.1. The van der Waals surface area contributed by atoms with Gasteiger partial charge in [-0.1, -0.05) is 180 Å². The van der Waals surface area contributed by atoms with Crippen molar-refractivity contribution in [3.8, 4) is 0 Å². The fourth-order valence-electron chi connectivity index (χ4n) is 16.1. The maximum absolute atomic E-state index is 7.88. The monoisotopic (exact) mass is 1050 g/mol. The fourth-order valence-corrected chi connectivity index (χ4v) is 16.1. The van der Waals surface area contributed by atoms with Crippen molar-refractivity contribution in [2.45, 2.75) is 232 Å². The van der Waals surface area contributed by atoms with Crippen LogP contribution in [0.15, 0.2) is 108 Å². The summed E-state index contributed by atoms with van der Waals surface area (Å²) in [7, 11) is 0. The third-order valence-electron chi connectivity index (χ3n) is 21.8. The summed E-state index contributed by atoms with van der Waals surface area (Å²) in [4.78, 5) is 8.20. The SMILES string of the molecule is CC(C)(C)c1ccc(N(c2ccc(C(C)(C)C)cc2)c2cc3c4c(c2)N2c5c(cc(C(C)(C)C)cc5C5(C)CCCCC25C)B4c2oc4cc5c(cc4c2N3c2ccc3c(c2)C(C)(C)CCC3(C)C)C(C)(C)CCC5(C)C)cc1. The second kappa shape index (κ2) is 16.5. The smallest absolute Gasteiger partial charge is 0.297 e. The molecule has 1 aromatic heterocycles. The molecule has 3 aliphatic heterocycles. The van der Waals surface area contributed by atoms with E-state index < -0.39 is 0 Å². The Bertz CT molecular complexity index is 3620. The number of hydrogen-bond donors (Lipinski definition) is 0. The summed E-state index contributed by atoms with van der Waals surface area (Å²) in [5.74, 6) is 0. The van der Waals surface area contributed by atoms with Crippen LogP contribution in [0.3, 0.4) is 0 Å². The van der Waals surface area contributed by atoms with Crippen LogP contribution in [0.2, 0.25) is 0 Å². The zero-order valence-corrected chi connectivity index (χ0v) is 51.8. The summed E-state index contributed by atoms with van der Waals surface area (Å²) in [5.41, 5.74) is 26.1. The molecule has 79 heavy (non-hydrogen) atoms. The Balaban J connectivity index is 1.20. The zero-order chi connectivity index (χ0) is 56.3. The van der Waals surface area contributed by atoms with Crippen LogP contribution in [0.1, 0.15) is 227 Å². The van der Waals surface area contributed by atoms with Crippen LogP contribution < -0.4 is 31.3 Å². The number of furan rings is 1. The van der Waals surface area contributed by atoms with Crippen LogP contribution in [0.4, 0.5) is 45.5 Å². The molecule has 6 aliphatic rings. The lowest BCUT2D eigenvalue weighted by molar-refractivity contribution is 0.195. The highest BCUT2D eigenvalue weighted by Crippen LogP contribution is 2.63. The summed E-state index contributed by atoms with van der Waals surface area (Å²) in [5, 5.41) is 1.22. The van der Waals surface area contributed by atoms with Gasteiger partial charge in [0.05, 0.1) is 22.6 Å². The van der Waals surface area contributed by atoms with Gasteiger partial charge in [-0.05, 0) is 199 Å².